The van der Waals surface area contributed by atoms with Crippen LogP contribution in [0.2, 0.25) is 0 Å². The first kappa shape index (κ1) is 20.2. The molecule has 4 atom stereocenters. The van der Waals surface area contributed by atoms with Gasteiger partial charge in [-0.15, -0.1) is 12.6 Å². The van der Waals surface area contributed by atoms with Gasteiger partial charge in [-0.1, -0.05) is 24.3 Å². The van der Waals surface area contributed by atoms with Crippen LogP contribution in [0, 0.1) is 0 Å². The molecular formula is C28H32N4S. The van der Waals surface area contributed by atoms with Crippen LogP contribution in [0.5, 0.6) is 0 Å². The molecule has 2 fully saturated rings. The van der Waals surface area contributed by atoms with Crippen molar-refractivity contribution < 1.29 is 0 Å². The SMILES string of the molecule is Sc1[nH]c2cccc3c2c1C[C@H]1NCCCC31.c1cc2c3c(c[nH]c3c1)C[C@H]1NCCCC21. The van der Waals surface area contributed by atoms with Gasteiger partial charge in [0.15, 0.2) is 0 Å². The van der Waals surface area contributed by atoms with E-state index in [1.54, 1.807) is 5.56 Å². The fourth-order valence-corrected chi connectivity index (χ4v) is 7.46. The molecule has 8 rings (SSSR count). The number of rotatable bonds is 0. The largest absolute Gasteiger partial charge is 0.361 e. The first-order chi connectivity index (χ1) is 16.3. The van der Waals surface area contributed by atoms with Crippen molar-refractivity contribution in [3.05, 3.63) is 64.8 Å². The third-order valence-electron chi connectivity index (χ3n) is 8.59. The van der Waals surface area contributed by atoms with Crippen LogP contribution in [0.15, 0.2) is 47.6 Å². The van der Waals surface area contributed by atoms with E-state index < -0.39 is 0 Å². The van der Waals surface area contributed by atoms with Gasteiger partial charge >= 0.3 is 0 Å². The normalized spacial score (nSPS) is 27.5. The number of piperidine rings is 2. The summed E-state index contributed by atoms with van der Waals surface area (Å²) in [6.07, 6.45) is 9.80. The van der Waals surface area contributed by atoms with Crippen molar-refractivity contribution in [2.24, 2.45) is 0 Å². The Morgan fingerprint density at radius 1 is 0.758 bits per heavy atom. The second-order valence-corrected chi connectivity index (χ2v) is 10.8. The number of aromatic amines is 2. The molecule has 0 bridgehead atoms. The number of fused-ring (bicyclic) bond motifs is 4. The quantitative estimate of drug-likeness (QED) is 0.230. The molecule has 170 valence electrons. The van der Waals surface area contributed by atoms with E-state index in [1.807, 2.05) is 0 Å². The molecule has 0 spiro atoms. The third-order valence-corrected chi connectivity index (χ3v) is 8.97. The minimum absolute atomic E-state index is 0.614. The highest BCUT2D eigenvalue weighted by atomic mass is 32.1. The number of aromatic nitrogens is 2. The average molecular weight is 457 g/mol. The second-order valence-electron chi connectivity index (χ2n) is 10.3. The van der Waals surface area contributed by atoms with Crippen LogP contribution >= 0.6 is 12.6 Å². The predicted molar refractivity (Wildman–Crippen MR) is 139 cm³/mol. The van der Waals surface area contributed by atoms with Gasteiger partial charge in [-0.3, -0.25) is 0 Å². The zero-order valence-electron chi connectivity index (χ0n) is 19.0. The van der Waals surface area contributed by atoms with Crippen LogP contribution in [0.1, 0.15) is 59.8 Å². The van der Waals surface area contributed by atoms with Crippen molar-refractivity contribution in [3.63, 3.8) is 0 Å². The Morgan fingerprint density at radius 2 is 1.42 bits per heavy atom. The molecule has 33 heavy (non-hydrogen) atoms. The van der Waals surface area contributed by atoms with Crippen molar-refractivity contribution in [1.82, 2.24) is 20.6 Å². The highest BCUT2D eigenvalue weighted by Gasteiger charge is 2.34. The van der Waals surface area contributed by atoms with Crippen molar-refractivity contribution >= 4 is 34.4 Å². The molecule has 2 aliphatic heterocycles. The molecule has 2 aliphatic carbocycles. The van der Waals surface area contributed by atoms with Gasteiger partial charge in [0.2, 0.25) is 0 Å². The molecule has 4 N–H and O–H groups in total. The maximum Gasteiger partial charge on any atom is 0.0734 e. The maximum absolute atomic E-state index is 4.59. The zero-order valence-corrected chi connectivity index (χ0v) is 19.8. The minimum atomic E-state index is 0.614. The molecule has 2 saturated heterocycles. The Bertz CT molecular complexity index is 1330. The van der Waals surface area contributed by atoms with Crippen molar-refractivity contribution in [3.8, 4) is 0 Å². The second kappa shape index (κ2) is 7.93. The molecule has 4 aliphatic rings. The molecule has 5 heteroatoms. The molecule has 4 aromatic rings. The summed E-state index contributed by atoms with van der Waals surface area (Å²) in [6.45, 7) is 2.36. The Morgan fingerprint density at radius 3 is 2.18 bits per heavy atom. The highest BCUT2D eigenvalue weighted by Crippen LogP contribution is 2.43. The molecular weight excluding hydrogens is 424 g/mol. The van der Waals surface area contributed by atoms with Gasteiger partial charge in [0.25, 0.3) is 0 Å². The maximum atomic E-state index is 4.59. The van der Waals surface area contributed by atoms with E-state index in [0.717, 1.165) is 17.4 Å². The Hall–Kier alpha value is -2.21. The number of H-pyrrole nitrogens is 2. The summed E-state index contributed by atoms with van der Waals surface area (Å²) in [5.74, 6) is 1.43. The summed E-state index contributed by atoms with van der Waals surface area (Å²) in [5.41, 5.74) is 8.58. The van der Waals surface area contributed by atoms with Crippen LogP contribution in [-0.2, 0) is 12.8 Å². The van der Waals surface area contributed by atoms with E-state index >= 15 is 0 Å². The summed E-state index contributed by atoms with van der Waals surface area (Å²) in [5, 5.41) is 11.4. The van der Waals surface area contributed by atoms with Crippen molar-refractivity contribution in [2.75, 3.05) is 13.1 Å². The summed E-state index contributed by atoms with van der Waals surface area (Å²) in [7, 11) is 0. The number of hydrogen-bond acceptors (Lipinski definition) is 3. The van der Waals surface area contributed by atoms with Crippen LogP contribution in [0.25, 0.3) is 21.8 Å². The van der Waals surface area contributed by atoms with E-state index in [-0.39, 0.29) is 0 Å². The van der Waals surface area contributed by atoms with E-state index in [2.05, 4.69) is 75.8 Å². The zero-order chi connectivity index (χ0) is 21.9. The van der Waals surface area contributed by atoms with E-state index in [9.17, 15) is 0 Å². The standard InChI is InChI=1S/C14H16N2S.C14H16N2/c17-14-10-7-12-8(4-2-6-15-12)9-3-1-5-11(16-14)13(9)10;1-3-11-10-4-2-6-15-13(10)7-9-8-16-12(5-1)14(9)11/h1,3,5,8,12,15-17H,2,4,6-7H2;1,3,5,8,10,13,15-16H,2,4,6-7H2/t8?,12-;10?,13-/m11/s1. The Labute approximate surface area is 200 Å². The molecule has 0 saturated carbocycles. The lowest BCUT2D eigenvalue weighted by Crippen LogP contribution is -2.43. The summed E-state index contributed by atoms with van der Waals surface area (Å²) in [4.78, 5) is 6.81. The lowest BCUT2D eigenvalue weighted by Gasteiger charge is -2.36. The van der Waals surface area contributed by atoms with Crippen LogP contribution in [-0.4, -0.2) is 35.1 Å². The molecule has 4 nitrogen and oxygen atoms in total. The average Bonchev–Trinajstić information content (AvgIpc) is 3.42. The monoisotopic (exact) mass is 456 g/mol. The lowest BCUT2D eigenvalue weighted by atomic mass is 9.76. The molecule has 0 amide bonds. The van der Waals surface area contributed by atoms with E-state index in [0.29, 0.717) is 18.0 Å². The summed E-state index contributed by atoms with van der Waals surface area (Å²) < 4.78 is 0. The molecule has 4 heterocycles. The lowest BCUT2D eigenvalue weighted by molar-refractivity contribution is 0.344. The third kappa shape index (κ3) is 3.20. The Kier molecular flexibility index (Phi) is 4.85. The predicted octanol–water partition coefficient (Wildman–Crippen LogP) is 5.41. The molecule has 2 aromatic heterocycles. The fraction of sp³-hybridized carbons (Fsp3) is 0.429. The van der Waals surface area contributed by atoms with E-state index in [1.165, 1.54) is 83.7 Å². The van der Waals surface area contributed by atoms with E-state index in [4.69, 9.17) is 0 Å². The van der Waals surface area contributed by atoms with Gasteiger partial charge in [-0.25, -0.2) is 0 Å². The smallest absolute Gasteiger partial charge is 0.0734 e. The number of hydrogen-bond donors (Lipinski definition) is 5. The molecule has 2 unspecified atom stereocenters. The first-order valence-electron chi connectivity index (χ1n) is 12.7. The van der Waals surface area contributed by atoms with Gasteiger partial charge in [0.05, 0.1) is 5.03 Å². The topological polar surface area (TPSA) is 55.6 Å². The fourth-order valence-electron chi connectivity index (χ4n) is 7.13. The van der Waals surface area contributed by atoms with Crippen LogP contribution in [0.4, 0.5) is 0 Å². The summed E-state index contributed by atoms with van der Waals surface area (Å²) >= 11 is 4.59. The van der Waals surface area contributed by atoms with Crippen LogP contribution in [0.3, 0.4) is 0 Å². The van der Waals surface area contributed by atoms with Crippen LogP contribution < -0.4 is 10.6 Å². The highest BCUT2D eigenvalue weighted by molar-refractivity contribution is 7.80. The van der Waals surface area contributed by atoms with Gasteiger partial charge in [0.1, 0.15) is 0 Å². The number of thiol groups is 1. The van der Waals surface area contributed by atoms with Crippen molar-refractivity contribution in [1.29, 1.82) is 0 Å². The Balaban J connectivity index is 0.000000115. The van der Waals surface area contributed by atoms with Gasteiger partial charge in [-0.2, -0.15) is 0 Å². The number of nitrogens with one attached hydrogen (secondary N) is 4. The molecule has 2 aromatic carbocycles. The summed E-state index contributed by atoms with van der Waals surface area (Å²) in [6, 6.07) is 14.6. The van der Waals surface area contributed by atoms with Gasteiger partial charge in [0, 0.05) is 51.9 Å². The van der Waals surface area contributed by atoms with Gasteiger partial charge in [-0.05, 0) is 86.0 Å². The molecule has 0 radical (unpaired) electrons. The van der Waals surface area contributed by atoms with Crippen molar-refractivity contribution in [2.45, 2.75) is 67.5 Å². The minimum Gasteiger partial charge on any atom is -0.361 e. The first-order valence-corrected chi connectivity index (χ1v) is 13.1. The number of benzene rings is 2. The van der Waals surface area contributed by atoms with Gasteiger partial charge < -0.3 is 20.6 Å².